The molecule has 3 nitrogen and oxygen atoms in total. The average Bonchev–Trinajstić information content (AvgIpc) is 2.37. The van der Waals surface area contributed by atoms with Gasteiger partial charge in [0, 0.05) is 18.7 Å². The third-order valence-electron chi connectivity index (χ3n) is 3.99. The molecule has 1 heterocycles. The first-order chi connectivity index (χ1) is 9.01. The number of nitrogens with zero attached hydrogens (tertiary/aromatic N) is 1. The normalized spacial score (nSPS) is 23.5. The molecule has 1 aromatic rings. The fourth-order valence-corrected chi connectivity index (χ4v) is 2.68. The highest BCUT2D eigenvalue weighted by Crippen LogP contribution is 2.23. The molecular formula is C15H21FN2O. The lowest BCUT2D eigenvalue weighted by Gasteiger charge is -2.36. The number of nitrogens with two attached hydrogens (primary N) is 1. The molecule has 1 aromatic carbocycles. The minimum atomic E-state index is -0.357. The van der Waals surface area contributed by atoms with Crippen LogP contribution in [0.15, 0.2) is 18.2 Å². The van der Waals surface area contributed by atoms with Gasteiger partial charge in [-0.3, -0.25) is 4.79 Å². The predicted molar refractivity (Wildman–Crippen MR) is 73.4 cm³/mol. The number of hydrogen-bond acceptors (Lipinski definition) is 2. The lowest BCUT2D eigenvalue weighted by atomic mass is 9.87. The van der Waals surface area contributed by atoms with E-state index in [0.29, 0.717) is 30.5 Å². The molecule has 0 spiro atoms. The first kappa shape index (κ1) is 14.0. The van der Waals surface area contributed by atoms with Crippen LogP contribution in [0.25, 0.3) is 0 Å². The van der Waals surface area contributed by atoms with Crippen LogP contribution in [0, 0.1) is 24.6 Å². The fourth-order valence-electron chi connectivity index (χ4n) is 2.68. The molecule has 0 aliphatic carbocycles. The lowest BCUT2D eigenvalue weighted by Crippen LogP contribution is -2.45. The average molecular weight is 264 g/mol. The molecule has 1 aliphatic heterocycles. The van der Waals surface area contributed by atoms with E-state index in [0.717, 1.165) is 18.5 Å². The van der Waals surface area contributed by atoms with Crippen LogP contribution in [0.5, 0.6) is 0 Å². The smallest absolute Gasteiger partial charge is 0.253 e. The quantitative estimate of drug-likeness (QED) is 0.890. The third-order valence-corrected chi connectivity index (χ3v) is 3.99. The van der Waals surface area contributed by atoms with Crippen LogP contribution in [0.3, 0.4) is 0 Å². The molecule has 2 rings (SSSR count). The lowest BCUT2D eigenvalue weighted by molar-refractivity contribution is 0.0618. The first-order valence-corrected chi connectivity index (χ1v) is 6.77. The molecule has 0 aromatic heterocycles. The van der Waals surface area contributed by atoms with Gasteiger partial charge in [-0.25, -0.2) is 4.39 Å². The van der Waals surface area contributed by atoms with Crippen molar-refractivity contribution in [2.45, 2.75) is 20.3 Å². The van der Waals surface area contributed by atoms with Gasteiger partial charge in [0.1, 0.15) is 5.82 Å². The highest BCUT2D eigenvalue weighted by Gasteiger charge is 2.28. The summed E-state index contributed by atoms with van der Waals surface area (Å²) in [5, 5.41) is 0. The van der Waals surface area contributed by atoms with E-state index in [4.69, 9.17) is 5.73 Å². The number of benzene rings is 1. The van der Waals surface area contributed by atoms with E-state index in [1.54, 1.807) is 17.9 Å². The number of amides is 1. The van der Waals surface area contributed by atoms with Gasteiger partial charge in [0.2, 0.25) is 0 Å². The van der Waals surface area contributed by atoms with Gasteiger partial charge in [-0.2, -0.15) is 0 Å². The summed E-state index contributed by atoms with van der Waals surface area (Å²) in [6.07, 6.45) is 0.960. The van der Waals surface area contributed by atoms with Crippen molar-refractivity contribution < 1.29 is 9.18 Å². The minimum absolute atomic E-state index is 0.0899. The Labute approximate surface area is 113 Å². The number of carbonyl (C=O) groups excluding carboxylic acids is 1. The number of carbonyl (C=O) groups is 1. The van der Waals surface area contributed by atoms with Gasteiger partial charge < -0.3 is 10.6 Å². The van der Waals surface area contributed by atoms with E-state index in [2.05, 4.69) is 6.92 Å². The highest BCUT2D eigenvalue weighted by atomic mass is 19.1. The number of rotatable bonds is 2. The number of hydrogen-bond donors (Lipinski definition) is 1. The van der Waals surface area contributed by atoms with Gasteiger partial charge >= 0.3 is 0 Å². The Bertz CT molecular complexity index is 455. The monoisotopic (exact) mass is 264 g/mol. The molecule has 0 radical (unpaired) electrons. The van der Waals surface area contributed by atoms with E-state index in [9.17, 15) is 9.18 Å². The van der Waals surface area contributed by atoms with Crippen molar-refractivity contribution in [3.8, 4) is 0 Å². The third kappa shape index (κ3) is 3.13. The van der Waals surface area contributed by atoms with Crippen molar-refractivity contribution in [2.24, 2.45) is 17.6 Å². The molecule has 19 heavy (non-hydrogen) atoms. The predicted octanol–water partition coefficient (Wildman–Crippen LogP) is 2.19. The molecule has 0 saturated carbocycles. The second kappa shape index (κ2) is 5.70. The van der Waals surface area contributed by atoms with Crippen LogP contribution in [0.4, 0.5) is 4.39 Å². The van der Waals surface area contributed by atoms with Gasteiger partial charge in [-0.05, 0) is 55.5 Å². The van der Waals surface area contributed by atoms with Gasteiger partial charge in [0.25, 0.3) is 5.91 Å². The zero-order valence-corrected chi connectivity index (χ0v) is 11.5. The molecule has 2 N–H and O–H groups in total. The van der Waals surface area contributed by atoms with Gasteiger partial charge in [0.15, 0.2) is 0 Å². The molecule has 104 valence electrons. The van der Waals surface area contributed by atoms with Crippen LogP contribution in [-0.4, -0.2) is 30.4 Å². The van der Waals surface area contributed by atoms with Gasteiger partial charge in [0.05, 0.1) is 0 Å². The maximum Gasteiger partial charge on any atom is 0.253 e. The first-order valence-electron chi connectivity index (χ1n) is 6.77. The Hall–Kier alpha value is -1.42. The summed E-state index contributed by atoms with van der Waals surface area (Å²) in [4.78, 5) is 14.2. The Morgan fingerprint density at radius 1 is 1.47 bits per heavy atom. The molecule has 0 bridgehead atoms. The van der Waals surface area contributed by atoms with Crippen molar-refractivity contribution in [1.82, 2.24) is 4.90 Å². The Morgan fingerprint density at radius 2 is 2.21 bits per heavy atom. The van der Waals surface area contributed by atoms with Crippen molar-refractivity contribution in [3.05, 3.63) is 35.1 Å². The molecule has 1 amide bonds. The second-order valence-electron chi connectivity index (χ2n) is 5.53. The SMILES string of the molecule is Cc1cc(F)cc(C(=O)N2CCC(C)C(CN)C2)c1. The van der Waals surface area contributed by atoms with Crippen LogP contribution in [-0.2, 0) is 0 Å². The van der Waals surface area contributed by atoms with Gasteiger partial charge in [-0.15, -0.1) is 0 Å². The van der Waals surface area contributed by atoms with E-state index in [1.165, 1.54) is 12.1 Å². The molecule has 1 fully saturated rings. The summed E-state index contributed by atoms with van der Waals surface area (Å²) in [5.41, 5.74) is 6.95. The molecule has 2 atom stereocenters. The second-order valence-corrected chi connectivity index (χ2v) is 5.53. The number of piperidine rings is 1. The summed E-state index contributed by atoms with van der Waals surface area (Å²) in [6, 6.07) is 4.48. The van der Waals surface area contributed by atoms with Crippen LogP contribution < -0.4 is 5.73 Å². The molecule has 4 heteroatoms. The molecule has 1 saturated heterocycles. The largest absolute Gasteiger partial charge is 0.338 e. The standard InChI is InChI=1S/C15H21FN2O/c1-10-5-12(7-14(16)6-10)15(19)18-4-3-11(2)13(8-17)9-18/h5-7,11,13H,3-4,8-9,17H2,1-2H3. The van der Waals surface area contributed by atoms with E-state index >= 15 is 0 Å². The maximum atomic E-state index is 13.4. The fraction of sp³-hybridized carbons (Fsp3) is 0.533. The summed E-state index contributed by atoms with van der Waals surface area (Å²) in [6.45, 7) is 5.96. The zero-order valence-electron chi connectivity index (χ0n) is 11.5. The van der Waals surface area contributed by atoms with E-state index in [-0.39, 0.29) is 11.7 Å². The summed E-state index contributed by atoms with van der Waals surface area (Å²) in [5.74, 6) is 0.438. The van der Waals surface area contributed by atoms with Crippen LogP contribution >= 0.6 is 0 Å². The number of halogens is 1. The minimum Gasteiger partial charge on any atom is -0.338 e. The van der Waals surface area contributed by atoms with E-state index in [1.807, 2.05) is 0 Å². The zero-order chi connectivity index (χ0) is 14.0. The highest BCUT2D eigenvalue weighted by molar-refractivity contribution is 5.94. The van der Waals surface area contributed by atoms with E-state index < -0.39 is 0 Å². The van der Waals surface area contributed by atoms with Crippen LogP contribution in [0.2, 0.25) is 0 Å². The van der Waals surface area contributed by atoms with Crippen molar-refractivity contribution in [3.63, 3.8) is 0 Å². The topological polar surface area (TPSA) is 46.3 Å². The molecule has 2 unspecified atom stereocenters. The number of aryl methyl sites for hydroxylation is 1. The van der Waals surface area contributed by atoms with Crippen LogP contribution in [0.1, 0.15) is 29.3 Å². The summed E-state index contributed by atoms with van der Waals surface area (Å²) in [7, 11) is 0. The van der Waals surface area contributed by atoms with Gasteiger partial charge in [-0.1, -0.05) is 6.92 Å². The van der Waals surface area contributed by atoms with Crippen molar-refractivity contribution in [2.75, 3.05) is 19.6 Å². The Morgan fingerprint density at radius 3 is 2.84 bits per heavy atom. The summed E-state index contributed by atoms with van der Waals surface area (Å²) >= 11 is 0. The molecular weight excluding hydrogens is 243 g/mol. The maximum absolute atomic E-state index is 13.4. The van der Waals surface area contributed by atoms with Crippen molar-refractivity contribution >= 4 is 5.91 Å². The Kier molecular flexibility index (Phi) is 4.20. The molecule has 1 aliphatic rings. The van der Waals surface area contributed by atoms with Crippen molar-refractivity contribution in [1.29, 1.82) is 0 Å². The summed E-state index contributed by atoms with van der Waals surface area (Å²) < 4.78 is 13.4. The Balaban J connectivity index is 2.15. The number of likely N-dealkylation sites (tertiary alicyclic amines) is 1.